The lowest BCUT2D eigenvalue weighted by atomic mass is 9.77. The molecule has 0 aliphatic heterocycles. The van der Waals surface area contributed by atoms with Crippen LogP contribution in [0.3, 0.4) is 0 Å². The minimum absolute atomic E-state index is 0.428. The minimum Gasteiger partial charge on any atom is -0.313 e. The van der Waals surface area contributed by atoms with E-state index in [1.807, 2.05) is 0 Å². The summed E-state index contributed by atoms with van der Waals surface area (Å²) in [5, 5.41) is 4.15. The summed E-state index contributed by atoms with van der Waals surface area (Å²) in [6.07, 6.45) is 6.13. The molecule has 2 aliphatic rings. The zero-order chi connectivity index (χ0) is 11.7. The number of halogens is 1. The zero-order valence-electron chi connectivity index (χ0n) is 10.2. The van der Waals surface area contributed by atoms with Gasteiger partial charge in [0.05, 0.1) is 0 Å². The summed E-state index contributed by atoms with van der Waals surface area (Å²) < 4.78 is 0. The van der Waals surface area contributed by atoms with E-state index in [1.165, 1.54) is 32.1 Å². The molecule has 0 aromatic heterocycles. The van der Waals surface area contributed by atoms with Crippen LogP contribution in [0.25, 0.3) is 0 Å². The van der Waals surface area contributed by atoms with Crippen LogP contribution in [0.15, 0.2) is 24.3 Å². The molecule has 2 heteroatoms. The molecule has 0 radical (unpaired) electrons. The Kier molecular flexibility index (Phi) is 3.39. The SMILES string of the molecule is ClC1CCC(NCC2Cc3ccccc32)CC1. The summed E-state index contributed by atoms with van der Waals surface area (Å²) in [5.74, 6) is 0.750. The van der Waals surface area contributed by atoms with Gasteiger partial charge in [0.15, 0.2) is 0 Å². The second kappa shape index (κ2) is 4.99. The Morgan fingerprint density at radius 1 is 1.12 bits per heavy atom. The van der Waals surface area contributed by atoms with Crippen LogP contribution in [0, 0.1) is 0 Å². The van der Waals surface area contributed by atoms with Gasteiger partial charge in [0.25, 0.3) is 0 Å². The van der Waals surface area contributed by atoms with E-state index in [9.17, 15) is 0 Å². The van der Waals surface area contributed by atoms with Crippen molar-refractivity contribution in [2.45, 2.75) is 49.4 Å². The molecule has 1 N–H and O–H groups in total. The maximum Gasteiger partial charge on any atom is 0.0337 e. The first-order valence-electron chi connectivity index (χ1n) is 6.78. The molecular weight excluding hydrogens is 230 g/mol. The van der Waals surface area contributed by atoms with E-state index in [4.69, 9.17) is 11.6 Å². The summed E-state index contributed by atoms with van der Waals surface area (Å²) in [6, 6.07) is 9.54. The van der Waals surface area contributed by atoms with Crippen molar-refractivity contribution in [3.8, 4) is 0 Å². The molecule has 0 heterocycles. The Hall–Kier alpha value is -0.530. The van der Waals surface area contributed by atoms with Crippen molar-refractivity contribution in [3.63, 3.8) is 0 Å². The van der Waals surface area contributed by atoms with Crippen LogP contribution in [0.4, 0.5) is 0 Å². The number of alkyl halides is 1. The minimum atomic E-state index is 0.428. The number of nitrogens with one attached hydrogen (secondary N) is 1. The molecule has 17 heavy (non-hydrogen) atoms. The largest absolute Gasteiger partial charge is 0.313 e. The summed E-state index contributed by atoms with van der Waals surface area (Å²) in [5.41, 5.74) is 3.11. The first-order valence-corrected chi connectivity index (χ1v) is 7.22. The average molecular weight is 250 g/mol. The third-order valence-electron chi connectivity index (χ3n) is 4.27. The fourth-order valence-electron chi connectivity index (χ4n) is 3.11. The standard InChI is InChI=1S/C15H20ClN/c16-13-5-7-14(8-6-13)17-10-12-9-11-3-1-2-4-15(11)12/h1-4,12-14,17H,5-10H2. The predicted octanol–water partition coefficient (Wildman–Crippen LogP) is 3.47. The summed E-state index contributed by atoms with van der Waals surface area (Å²) in [4.78, 5) is 0. The highest BCUT2D eigenvalue weighted by Gasteiger charge is 2.26. The van der Waals surface area contributed by atoms with Gasteiger partial charge in [-0.25, -0.2) is 0 Å². The summed E-state index contributed by atoms with van der Waals surface area (Å²) >= 11 is 6.12. The summed E-state index contributed by atoms with van der Waals surface area (Å²) in [7, 11) is 0. The molecular formula is C15H20ClN. The Morgan fingerprint density at radius 3 is 2.65 bits per heavy atom. The van der Waals surface area contributed by atoms with E-state index in [0.29, 0.717) is 11.4 Å². The average Bonchev–Trinajstić information content (AvgIpc) is 2.33. The van der Waals surface area contributed by atoms with E-state index in [0.717, 1.165) is 12.5 Å². The quantitative estimate of drug-likeness (QED) is 0.809. The monoisotopic (exact) mass is 249 g/mol. The van der Waals surface area contributed by atoms with Crippen LogP contribution in [-0.4, -0.2) is 18.0 Å². The van der Waals surface area contributed by atoms with Gasteiger partial charge in [0, 0.05) is 23.9 Å². The number of fused-ring (bicyclic) bond motifs is 1. The van der Waals surface area contributed by atoms with Crippen molar-refractivity contribution in [3.05, 3.63) is 35.4 Å². The van der Waals surface area contributed by atoms with Crippen LogP contribution < -0.4 is 5.32 Å². The van der Waals surface area contributed by atoms with Gasteiger partial charge in [0.1, 0.15) is 0 Å². The van der Waals surface area contributed by atoms with E-state index >= 15 is 0 Å². The van der Waals surface area contributed by atoms with Crippen LogP contribution >= 0.6 is 11.6 Å². The molecule has 1 aromatic rings. The van der Waals surface area contributed by atoms with Crippen LogP contribution in [0.2, 0.25) is 0 Å². The second-order valence-electron chi connectivity index (χ2n) is 5.46. The number of hydrogen-bond acceptors (Lipinski definition) is 1. The van der Waals surface area contributed by atoms with E-state index in [1.54, 1.807) is 11.1 Å². The Labute approximate surface area is 109 Å². The number of rotatable bonds is 3. The molecule has 1 saturated carbocycles. The van der Waals surface area contributed by atoms with Crippen molar-refractivity contribution in [1.29, 1.82) is 0 Å². The lowest BCUT2D eigenvalue weighted by Gasteiger charge is -2.33. The molecule has 1 fully saturated rings. The Balaban J connectivity index is 1.47. The van der Waals surface area contributed by atoms with Crippen LogP contribution in [0.5, 0.6) is 0 Å². The highest BCUT2D eigenvalue weighted by Crippen LogP contribution is 2.34. The Bertz CT molecular complexity index is 382. The molecule has 2 aliphatic carbocycles. The fraction of sp³-hybridized carbons (Fsp3) is 0.600. The summed E-state index contributed by atoms with van der Waals surface area (Å²) in [6.45, 7) is 1.15. The Morgan fingerprint density at radius 2 is 1.88 bits per heavy atom. The van der Waals surface area contributed by atoms with Crippen LogP contribution in [-0.2, 0) is 6.42 Å². The van der Waals surface area contributed by atoms with Gasteiger partial charge >= 0.3 is 0 Å². The molecule has 0 saturated heterocycles. The maximum atomic E-state index is 6.12. The highest BCUT2D eigenvalue weighted by molar-refractivity contribution is 6.20. The molecule has 3 rings (SSSR count). The molecule has 0 bridgehead atoms. The topological polar surface area (TPSA) is 12.0 Å². The normalized spacial score (nSPS) is 31.7. The van der Waals surface area contributed by atoms with Gasteiger partial charge in [-0.15, -0.1) is 11.6 Å². The lowest BCUT2D eigenvalue weighted by Crippen LogP contribution is -2.38. The lowest BCUT2D eigenvalue weighted by molar-refractivity contribution is 0.362. The first-order chi connectivity index (χ1) is 8.33. The zero-order valence-corrected chi connectivity index (χ0v) is 10.9. The molecule has 1 unspecified atom stereocenters. The van der Waals surface area contributed by atoms with E-state index in [-0.39, 0.29) is 0 Å². The molecule has 1 nitrogen and oxygen atoms in total. The van der Waals surface area contributed by atoms with Gasteiger partial charge in [-0.05, 0) is 43.2 Å². The predicted molar refractivity (Wildman–Crippen MR) is 72.8 cm³/mol. The van der Waals surface area contributed by atoms with Crippen LogP contribution in [0.1, 0.15) is 42.7 Å². The van der Waals surface area contributed by atoms with Crippen molar-refractivity contribution < 1.29 is 0 Å². The fourth-order valence-corrected chi connectivity index (χ4v) is 3.36. The van der Waals surface area contributed by atoms with Gasteiger partial charge in [-0.2, -0.15) is 0 Å². The van der Waals surface area contributed by atoms with E-state index in [2.05, 4.69) is 29.6 Å². The first kappa shape index (κ1) is 11.6. The molecule has 1 aromatic carbocycles. The highest BCUT2D eigenvalue weighted by atomic mass is 35.5. The van der Waals surface area contributed by atoms with Gasteiger partial charge in [0.2, 0.25) is 0 Å². The van der Waals surface area contributed by atoms with E-state index < -0.39 is 0 Å². The molecule has 0 amide bonds. The maximum absolute atomic E-state index is 6.12. The number of benzene rings is 1. The number of hydrogen-bond donors (Lipinski definition) is 1. The van der Waals surface area contributed by atoms with Gasteiger partial charge in [-0.1, -0.05) is 24.3 Å². The third-order valence-corrected chi connectivity index (χ3v) is 4.71. The molecule has 1 atom stereocenters. The van der Waals surface area contributed by atoms with Crippen molar-refractivity contribution in [1.82, 2.24) is 5.32 Å². The molecule has 92 valence electrons. The van der Waals surface area contributed by atoms with Crippen molar-refractivity contribution >= 4 is 11.6 Å². The van der Waals surface area contributed by atoms with Gasteiger partial charge < -0.3 is 5.32 Å². The second-order valence-corrected chi connectivity index (χ2v) is 6.07. The van der Waals surface area contributed by atoms with Crippen molar-refractivity contribution in [2.24, 2.45) is 0 Å². The third kappa shape index (κ3) is 2.51. The van der Waals surface area contributed by atoms with Crippen molar-refractivity contribution in [2.75, 3.05) is 6.54 Å². The molecule has 0 spiro atoms. The smallest absolute Gasteiger partial charge is 0.0337 e. The van der Waals surface area contributed by atoms with Gasteiger partial charge in [-0.3, -0.25) is 0 Å².